The Morgan fingerprint density at radius 2 is 1.48 bits per heavy atom. The first-order valence-corrected chi connectivity index (χ1v) is 12.7. The van der Waals surface area contributed by atoms with Crippen molar-refractivity contribution < 1.29 is 38.7 Å². The number of ether oxygens (including phenoxy) is 4. The highest BCUT2D eigenvalue weighted by atomic mass is 16.5. The Labute approximate surface area is 233 Å². The van der Waals surface area contributed by atoms with Crippen molar-refractivity contribution in [1.82, 2.24) is 0 Å². The Morgan fingerprint density at radius 3 is 2.00 bits per heavy atom. The lowest BCUT2D eigenvalue weighted by atomic mass is 9.90. The van der Waals surface area contributed by atoms with Gasteiger partial charge in [-0.2, -0.15) is 0 Å². The minimum atomic E-state index is -1.13. The molecule has 0 radical (unpaired) electrons. The molecule has 2 N–H and O–H groups in total. The van der Waals surface area contributed by atoms with E-state index in [1.54, 1.807) is 50.4 Å². The van der Waals surface area contributed by atoms with Gasteiger partial charge in [0.2, 0.25) is 5.75 Å². The van der Waals surface area contributed by atoms with Gasteiger partial charge in [0.1, 0.15) is 17.3 Å². The quantitative estimate of drug-likeness (QED) is 0.216. The van der Waals surface area contributed by atoms with Crippen LogP contribution in [0.4, 0.5) is 5.69 Å². The molecule has 0 saturated carbocycles. The van der Waals surface area contributed by atoms with Crippen molar-refractivity contribution in [3.8, 4) is 28.7 Å². The van der Waals surface area contributed by atoms with Gasteiger partial charge in [-0.25, -0.2) is 0 Å². The molecule has 1 unspecified atom stereocenters. The number of aromatic hydroxyl groups is 1. The van der Waals surface area contributed by atoms with E-state index in [0.717, 1.165) is 5.56 Å². The van der Waals surface area contributed by atoms with Crippen LogP contribution in [-0.4, -0.2) is 50.3 Å². The Kier molecular flexibility index (Phi) is 7.95. The summed E-state index contributed by atoms with van der Waals surface area (Å²) in [4.78, 5) is 28.4. The third-order valence-electron chi connectivity index (χ3n) is 7.04. The van der Waals surface area contributed by atoms with Crippen LogP contribution in [0.15, 0.2) is 54.1 Å². The van der Waals surface area contributed by atoms with E-state index in [4.69, 9.17) is 18.9 Å². The van der Waals surface area contributed by atoms with Crippen molar-refractivity contribution in [1.29, 1.82) is 0 Å². The van der Waals surface area contributed by atoms with Crippen LogP contribution in [0.2, 0.25) is 0 Å². The predicted molar refractivity (Wildman–Crippen MR) is 151 cm³/mol. The van der Waals surface area contributed by atoms with E-state index >= 15 is 0 Å². The fourth-order valence-electron chi connectivity index (χ4n) is 5.05. The number of phenols is 1. The number of benzene rings is 3. The fraction of sp³-hybridized carbons (Fsp3) is 0.290. The summed E-state index contributed by atoms with van der Waals surface area (Å²) < 4.78 is 22.1. The number of ketones is 1. The van der Waals surface area contributed by atoms with Gasteiger partial charge in [-0.1, -0.05) is 26.0 Å². The van der Waals surface area contributed by atoms with Crippen LogP contribution in [0.3, 0.4) is 0 Å². The van der Waals surface area contributed by atoms with E-state index < -0.39 is 17.7 Å². The summed E-state index contributed by atoms with van der Waals surface area (Å²) in [5, 5.41) is 22.5. The van der Waals surface area contributed by atoms with Crippen molar-refractivity contribution in [2.24, 2.45) is 0 Å². The molecule has 1 fully saturated rings. The van der Waals surface area contributed by atoms with Crippen molar-refractivity contribution in [2.45, 2.75) is 32.7 Å². The van der Waals surface area contributed by atoms with E-state index in [2.05, 4.69) is 0 Å². The number of amides is 1. The number of methoxy groups -OCH3 is 4. The second-order valence-electron chi connectivity index (χ2n) is 9.68. The number of phenolic OH excluding ortho intramolecular Hbond substituents is 1. The maximum atomic E-state index is 13.7. The molecule has 4 rings (SSSR count). The number of anilines is 1. The van der Waals surface area contributed by atoms with Crippen LogP contribution in [-0.2, 0) is 9.59 Å². The summed E-state index contributed by atoms with van der Waals surface area (Å²) in [5.74, 6) is -0.748. The molecular formula is C31H33NO8. The van der Waals surface area contributed by atoms with E-state index in [1.807, 2.05) is 13.8 Å². The number of carbonyl (C=O) groups is 2. The minimum absolute atomic E-state index is 0.0525. The number of hydrogen-bond donors (Lipinski definition) is 2. The third-order valence-corrected chi connectivity index (χ3v) is 7.04. The largest absolute Gasteiger partial charge is 0.507 e. The van der Waals surface area contributed by atoms with Gasteiger partial charge in [-0.3, -0.25) is 14.5 Å². The van der Waals surface area contributed by atoms with Crippen molar-refractivity contribution in [2.75, 3.05) is 33.3 Å². The van der Waals surface area contributed by atoms with Crippen molar-refractivity contribution >= 4 is 23.1 Å². The number of para-hydroxylation sites is 2. The maximum absolute atomic E-state index is 13.7. The molecule has 0 aliphatic carbocycles. The summed E-state index contributed by atoms with van der Waals surface area (Å²) in [7, 11) is 5.94. The van der Waals surface area contributed by atoms with Crippen LogP contribution in [0, 0.1) is 6.92 Å². The van der Waals surface area contributed by atoms with Gasteiger partial charge in [-0.15, -0.1) is 0 Å². The molecule has 1 saturated heterocycles. The lowest BCUT2D eigenvalue weighted by Gasteiger charge is -2.27. The predicted octanol–water partition coefficient (Wildman–Crippen LogP) is 5.48. The van der Waals surface area contributed by atoms with Gasteiger partial charge in [-0.05, 0) is 65.9 Å². The Hall–Kier alpha value is -4.66. The van der Waals surface area contributed by atoms with E-state index in [0.29, 0.717) is 39.7 Å². The first kappa shape index (κ1) is 28.4. The summed E-state index contributed by atoms with van der Waals surface area (Å²) in [6.07, 6.45) is 0. The highest BCUT2D eigenvalue weighted by molar-refractivity contribution is 6.52. The van der Waals surface area contributed by atoms with Gasteiger partial charge in [0.05, 0.1) is 45.7 Å². The molecule has 0 bridgehead atoms. The first-order chi connectivity index (χ1) is 19.1. The molecule has 3 aromatic rings. The molecule has 1 heterocycles. The maximum Gasteiger partial charge on any atom is 0.300 e. The van der Waals surface area contributed by atoms with Gasteiger partial charge in [0.15, 0.2) is 11.5 Å². The average molecular weight is 548 g/mol. The zero-order valence-electron chi connectivity index (χ0n) is 23.6. The van der Waals surface area contributed by atoms with Crippen molar-refractivity contribution in [3.63, 3.8) is 0 Å². The SMILES string of the molecule is COc1cc(C)c(/C(O)=C2\C(=O)C(=O)N(c3ccccc3O)C2c2cc(OC)c(OC)c(OC)c2)cc1C(C)C. The standard InChI is InChI=1S/C31H33NO8/c1-16(2)19-15-20(17(3)12-23(19)37-4)28(34)26-27(18-13-24(38-5)30(40-7)25(14-18)39-6)32(31(36)29(26)35)21-10-8-9-11-22(21)33/h8-16,27,33-34H,1-7H3/b28-26+. The fourth-order valence-corrected chi connectivity index (χ4v) is 5.05. The summed E-state index contributed by atoms with van der Waals surface area (Å²) in [6, 6.07) is 11.8. The first-order valence-electron chi connectivity index (χ1n) is 12.7. The molecule has 0 spiro atoms. The number of hydrogen-bond acceptors (Lipinski definition) is 8. The smallest absolute Gasteiger partial charge is 0.300 e. The van der Waals surface area contributed by atoms with Crippen molar-refractivity contribution in [3.05, 3.63) is 76.4 Å². The van der Waals surface area contributed by atoms with Gasteiger partial charge in [0.25, 0.3) is 11.7 Å². The average Bonchev–Trinajstić information content (AvgIpc) is 3.21. The van der Waals surface area contributed by atoms with Gasteiger partial charge < -0.3 is 29.2 Å². The summed E-state index contributed by atoms with van der Waals surface area (Å²) in [6.45, 7) is 5.77. The molecule has 3 aromatic carbocycles. The van der Waals surface area contributed by atoms with Crippen LogP contribution < -0.4 is 23.8 Å². The monoisotopic (exact) mass is 547 g/mol. The van der Waals surface area contributed by atoms with Gasteiger partial charge >= 0.3 is 0 Å². The zero-order valence-corrected chi connectivity index (χ0v) is 23.6. The number of carbonyl (C=O) groups excluding carboxylic acids is 2. The highest BCUT2D eigenvalue weighted by Gasteiger charge is 2.48. The van der Waals surface area contributed by atoms with E-state index in [-0.39, 0.29) is 28.7 Å². The minimum Gasteiger partial charge on any atom is -0.507 e. The molecule has 1 aliphatic rings. The topological polar surface area (TPSA) is 115 Å². The number of nitrogens with zero attached hydrogens (tertiary/aromatic N) is 1. The molecule has 1 aliphatic heterocycles. The number of Topliss-reactive ketones (excluding diaryl/α,β-unsaturated/α-hetero) is 1. The van der Waals surface area contributed by atoms with Crippen LogP contribution in [0.25, 0.3) is 5.76 Å². The zero-order chi connectivity index (χ0) is 29.3. The lowest BCUT2D eigenvalue weighted by molar-refractivity contribution is -0.132. The molecule has 1 amide bonds. The second kappa shape index (κ2) is 11.2. The second-order valence-corrected chi connectivity index (χ2v) is 9.68. The van der Waals surface area contributed by atoms with Crippen LogP contribution in [0.1, 0.15) is 48.1 Å². The summed E-state index contributed by atoms with van der Waals surface area (Å²) >= 11 is 0. The number of aryl methyl sites for hydroxylation is 1. The lowest BCUT2D eigenvalue weighted by Crippen LogP contribution is -2.29. The molecule has 9 nitrogen and oxygen atoms in total. The Morgan fingerprint density at radius 1 is 0.875 bits per heavy atom. The Balaban J connectivity index is 2.08. The molecule has 1 atom stereocenters. The summed E-state index contributed by atoms with van der Waals surface area (Å²) in [5.41, 5.74) is 2.22. The van der Waals surface area contributed by atoms with E-state index in [1.165, 1.54) is 38.4 Å². The van der Waals surface area contributed by atoms with E-state index in [9.17, 15) is 19.8 Å². The number of rotatable bonds is 8. The number of aliphatic hydroxyl groups excluding tert-OH is 1. The number of aliphatic hydroxyl groups is 1. The molecule has 9 heteroatoms. The normalized spacial score (nSPS) is 16.4. The molecule has 40 heavy (non-hydrogen) atoms. The molecule has 210 valence electrons. The van der Waals surface area contributed by atoms with Crippen LogP contribution >= 0.6 is 0 Å². The third kappa shape index (κ3) is 4.68. The van der Waals surface area contributed by atoms with Gasteiger partial charge in [0, 0.05) is 5.56 Å². The highest BCUT2D eigenvalue weighted by Crippen LogP contribution is 2.49. The molecular weight excluding hydrogens is 514 g/mol. The van der Waals surface area contributed by atoms with Crippen LogP contribution in [0.5, 0.6) is 28.7 Å². The Bertz CT molecular complexity index is 1480. The molecule has 0 aromatic heterocycles.